The number of benzene rings is 2. The Hall–Kier alpha value is -0.640. The predicted octanol–water partition coefficient (Wildman–Crippen LogP) is 8.37. The average Bonchev–Trinajstić information content (AvgIpc) is 2.70. The van der Waals surface area contributed by atoms with Crippen LogP contribution in [0.1, 0.15) is 73.9 Å². The van der Waals surface area contributed by atoms with E-state index in [1.165, 1.54) is 46.2 Å². The maximum atomic E-state index is 6.21. The minimum Gasteiger partial charge on any atom is -0.372 e. The van der Waals surface area contributed by atoms with E-state index in [4.69, 9.17) is 4.74 Å². The zero-order chi connectivity index (χ0) is 21.2. The molecule has 0 unspecified atom stereocenters. The lowest BCUT2D eigenvalue weighted by atomic mass is 9.96. The Labute approximate surface area is 194 Å². The Balaban J connectivity index is 2.06. The summed E-state index contributed by atoms with van der Waals surface area (Å²) in [5, 5.41) is 1.77. The Morgan fingerprint density at radius 1 is 0.655 bits per heavy atom. The average molecular weight is 524 g/mol. The lowest BCUT2D eigenvalue weighted by Gasteiger charge is -2.16. The van der Waals surface area contributed by atoms with E-state index in [9.17, 15) is 0 Å². The zero-order valence-corrected chi connectivity index (χ0v) is 21.6. The van der Waals surface area contributed by atoms with Crippen LogP contribution in [0.4, 0.5) is 0 Å². The molecule has 2 aromatic carbocycles. The molecule has 0 N–H and O–H groups in total. The summed E-state index contributed by atoms with van der Waals surface area (Å²) in [6, 6.07) is 13.3. The molecule has 0 aliphatic carbocycles. The van der Waals surface area contributed by atoms with Gasteiger partial charge in [-0.2, -0.15) is 0 Å². The molecule has 0 saturated carbocycles. The fourth-order valence-corrected chi connectivity index (χ4v) is 5.06. The van der Waals surface area contributed by atoms with Gasteiger partial charge in [-0.05, 0) is 70.9 Å². The van der Waals surface area contributed by atoms with Gasteiger partial charge in [0.25, 0.3) is 0 Å². The van der Waals surface area contributed by atoms with E-state index in [2.05, 4.69) is 96.0 Å². The second-order valence-corrected chi connectivity index (χ2v) is 9.86. The highest BCUT2D eigenvalue weighted by Crippen LogP contribution is 2.24. The summed E-state index contributed by atoms with van der Waals surface area (Å²) >= 11 is 7.41. The monoisotopic (exact) mass is 522 g/mol. The first-order valence-electron chi connectivity index (χ1n) is 10.8. The number of hydrogen-bond acceptors (Lipinski definition) is 1. The van der Waals surface area contributed by atoms with Gasteiger partial charge >= 0.3 is 0 Å². The van der Waals surface area contributed by atoms with Crippen LogP contribution >= 0.6 is 31.9 Å². The lowest BCUT2D eigenvalue weighted by Crippen LogP contribution is -2.05. The first-order chi connectivity index (χ1) is 14.0. The molecule has 0 heterocycles. The lowest BCUT2D eigenvalue weighted by molar-refractivity contribution is 0.106. The highest BCUT2D eigenvalue weighted by molar-refractivity contribution is 9.08. The largest absolute Gasteiger partial charge is 0.372 e. The maximum Gasteiger partial charge on any atom is 0.0724 e. The minimum atomic E-state index is 0.661. The van der Waals surface area contributed by atoms with Crippen LogP contribution in [-0.4, -0.2) is 0 Å². The predicted molar refractivity (Wildman–Crippen MR) is 133 cm³/mol. The molecule has 0 saturated heterocycles. The summed E-state index contributed by atoms with van der Waals surface area (Å²) < 4.78 is 6.21. The smallest absolute Gasteiger partial charge is 0.0724 e. The SMILES string of the molecule is CC(C)CCc1cccc(COCc2cccc(CCC(C)C)c2CBr)c1CBr. The molecule has 0 atom stereocenters. The van der Waals surface area contributed by atoms with Gasteiger partial charge in [0.05, 0.1) is 13.2 Å². The summed E-state index contributed by atoms with van der Waals surface area (Å²) in [7, 11) is 0. The summed E-state index contributed by atoms with van der Waals surface area (Å²) in [6.07, 6.45) is 4.72. The number of hydrogen-bond donors (Lipinski definition) is 0. The van der Waals surface area contributed by atoms with Crippen molar-refractivity contribution < 1.29 is 4.74 Å². The van der Waals surface area contributed by atoms with Crippen molar-refractivity contribution in [3.8, 4) is 0 Å². The van der Waals surface area contributed by atoms with Crippen LogP contribution in [0.25, 0.3) is 0 Å². The minimum absolute atomic E-state index is 0.661. The first kappa shape index (κ1) is 24.6. The fourth-order valence-electron chi connectivity index (χ4n) is 3.62. The van der Waals surface area contributed by atoms with Crippen molar-refractivity contribution in [3.05, 3.63) is 69.8 Å². The Morgan fingerprint density at radius 3 is 1.38 bits per heavy atom. The standard InChI is InChI=1S/C26H36Br2O/c1-19(2)11-13-21-7-5-9-23(25(21)15-27)17-29-18-24-10-6-8-22(26(24)16-28)14-12-20(3)4/h5-10,19-20H,11-18H2,1-4H3. The number of ether oxygens (including phenoxy) is 1. The Kier molecular flexibility index (Phi) is 11.0. The number of aryl methyl sites for hydroxylation is 2. The van der Waals surface area contributed by atoms with Crippen molar-refractivity contribution in [2.24, 2.45) is 11.8 Å². The van der Waals surface area contributed by atoms with Crippen LogP contribution in [0.5, 0.6) is 0 Å². The van der Waals surface area contributed by atoms with Crippen molar-refractivity contribution in [2.75, 3.05) is 0 Å². The second kappa shape index (κ2) is 12.9. The summed E-state index contributed by atoms with van der Waals surface area (Å²) in [5.74, 6) is 1.45. The van der Waals surface area contributed by atoms with Crippen LogP contribution < -0.4 is 0 Å². The second-order valence-electron chi connectivity index (χ2n) is 8.73. The van der Waals surface area contributed by atoms with E-state index in [0.29, 0.717) is 13.2 Å². The molecule has 0 radical (unpaired) electrons. The van der Waals surface area contributed by atoms with Gasteiger partial charge in [0.1, 0.15) is 0 Å². The molecule has 2 aromatic rings. The van der Waals surface area contributed by atoms with Gasteiger partial charge in [-0.1, -0.05) is 96.0 Å². The number of alkyl halides is 2. The fraction of sp³-hybridized carbons (Fsp3) is 0.538. The topological polar surface area (TPSA) is 9.23 Å². The molecule has 0 fully saturated rings. The molecule has 0 spiro atoms. The molecular formula is C26H36Br2O. The van der Waals surface area contributed by atoms with E-state index >= 15 is 0 Å². The normalized spacial score (nSPS) is 11.6. The number of halogens is 2. The molecule has 3 heteroatoms. The Bertz CT molecular complexity index is 689. The van der Waals surface area contributed by atoms with E-state index in [-0.39, 0.29) is 0 Å². The third kappa shape index (κ3) is 7.84. The molecular weight excluding hydrogens is 488 g/mol. The van der Waals surface area contributed by atoms with Crippen LogP contribution in [-0.2, 0) is 41.5 Å². The van der Waals surface area contributed by atoms with E-state index in [1.807, 2.05) is 0 Å². The van der Waals surface area contributed by atoms with Crippen LogP contribution in [0.2, 0.25) is 0 Å². The molecule has 0 aliphatic rings. The summed E-state index contributed by atoms with van der Waals surface area (Å²) in [6.45, 7) is 10.5. The molecule has 0 aliphatic heterocycles. The van der Waals surface area contributed by atoms with Crippen molar-refractivity contribution in [1.82, 2.24) is 0 Å². The first-order valence-corrected chi connectivity index (χ1v) is 13.1. The van der Waals surface area contributed by atoms with Gasteiger partial charge in [0.15, 0.2) is 0 Å². The zero-order valence-electron chi connectivity index (χ0n) is 18.4. The van der Waals surface area contributed by atoms with Gasteiger partial charge in [0.2, 0.25) is 0 Å². The van der Waals surface area contributed by atoms with Gasteiger partial charge in [0, 0.05) is 10.7 Å². The van der Waals surface area contributed by atoms with E-state index in [1.54, 1.807) is 0 Å². The van der Waals surface area contributed by atoms with Crippen LogP contribution in [0.3, 0.4) is 0 Å². The summed E-state index contributed by atoms with van der Waals surface area (Å²) in [5.41, 5.74) is 8.32. The van der Waals surface area contributed by atoms with Crippen LogP contribution in [0, 0.1) is 11.8 Å². The molecule has 2 rings (SSSR count). The van der Waals surface area contributed by atoms with Gasteiger partial charge in [-0.3, -0.25) is 0 Å². The Morgan fingerprint density at radius 2 is 1.03 bits per heavy atom. The molecule has 0 bridgehead atoms. The maximum absolute atomic E-state index is 6.21. The third-order valence-corrected chi connectivity index (χ3v) is 6.63. The number of rotatable bonds is 12. The molecule has 1 nitrogen and oxygen atoms in total. The highest BCUT2D eigenvalue weighted by Gasteiger charge is 2.11. The molecule has 0 amide bonds. The third-order valence-electron chi connectivity index (χ3n) is 5.50. The van der Waals surface area contributed by atoms with Gasteiger partial charge in [-0.15, -0.1) is 0 Å². The van der Waals surface area contributed by atoms with Crippen molar-refractivity contribution in [2.45, 2.75) is 77.3 Å². The van der Waals surface area contributed by atoms with Crippen LogP contribution in [0.15, 0.2) is 36.4 Å². The van der Waals surface area contributed by atoms with Crippen molar-refractivity contribution >= 4 is 31.9 Å². The highest BCUT2D eigenvalue weighted by atomic mass is 79.9. The summed E-state index contributed by atoms with van der Waals surface area (Å²) in [4.78, 5) is 0. The van der Waals surface area contributed by atoms with E-state index in [0.717, 1.165) is 35.3 Å². The van der Waals surface area contributed by atoms with Gasteiger partial charge in [-0.25, -0.2) is 0 Å². The van der Waals surface area contributed by atoms with Crippen molar-refractivity contribution in [1.29, 1.82) is 0 Å². The van der Waals surface area contributed by atoms with Crippen molar-refractivity contribution in [3.63, 3.8) is 0 Å². The molecule has 29 heavy (non-hydrogen) atoms. The van der Waals surface area contributed by atoms with E-state index < -0.39 is 0 Å². The quantitative estimate of drug-likeness (QED) is 0.254. The molecule has 160 valence electrons. The molecule has 0 aromatic heterocycles. The van der Waals surface area contributed by atoms with Gasteiger partial charge < -0.3 is 4.74 Å².